The first-order valence-corrected chi connectivity index (χ1v) is 7.38. The minimum absolute atomic E-state index is 0.244. The Morgan fingerprint density at radius 2 is 2.24 bits per heavy atom. The van der Waals surface area contributed by atoms with Gasteiger partial charge in [-0.25, -0.2) is 4.79 Å². The Bertz CT molecular complexity index is 665. The number of carboxylic acid groups (broad SMARTS) is 1. The normalized spacial score (nSPS) is 20.2. The Labute approximate surface area is 123 Å². The highest BCUT2D eigenvalue weighted by Crippen LogP contribution is 2.27. The van der Waals surface area contributed by atoms with Crippen LogP contribution in [0.1, 0.15) is 48.8 Å². The molecule has 1 fully saturated rings. The van der Waals surface area contributed by atoms with Gasteiger partial charge in [-0.05, 0) is 45.4 Å². The van der Waals surface area contributed by atoms with E-state index in [1.807, 2.05) is 4.40 Å². The molecule has 112 valence electrons. The van der Waals surface area contributed by atoms with E-state index in [0.29, 0.717) is 17.6 Å². The van der Waals surface area contributed by atoms with Crippen LogP contribution in [-0.2, 0) is 0 Å². The average Bonchev–Trinajstić information content (AvgIpc) is 2.90. The molecule has 0 amide bonds. The molecule has 1 unspecified atom stereocenters. The molecule has 2 aromatic heterocycles. The van der Waals surface area contributed by atoms with Crippen molar-refractivity contribution in [2.24, 2.45) is 0 Å². The van der Waals surface area contributed by atoms with E-state index in [0.717, 1.165) is 31.8 Å². The SMILES string of the molecule is CC(C)N1CCCC(c2nnc3cc(C(=O)O)ccn23)C1. The zero-order valence-electron chi connectivity index (χ0n) is 12.4. The lowest BCUT2D eigenvalue weighted by atomic mass is 9.96. The van der Waals surface area contributed by atoms with Crippen molar-refractivity contribution in [3.05, 3.63) is 29.7 Å². The van der Waals surface area contributed by atoms with Gasteiger partial charge in [-0.2, -0.15) is 0 Å². The van der Waals surface area contributed by atoms with E-state index < -0.39 is 5.97 Å². The molecule has 3 rings (SSSR count). The minimum atomic E-state index is -0.939. The van der Waals surface area contributed by atoms with E-state index in [1.54, 1.807) is 18.3 Å². The van der Waals surface area contributed by atoms with Gasteiger partial charge in [0.15, 0.2) is 5.65 Å². The van der Waals surface area contributed by atoms with Crippen molar-refractivity contribution in [2.75, 3.05) is 13.1 Å². The van der Waals surface area contributed by atoms with Crippen LogP contribution in [0.25, 0.3) is 5.65 Å². The number of hydrogen-bond donors (Lipinski definition) is 1. The summed E-state index contributed by atoms with van der Waals surface area (Å²) >= 11 is 0. The van der Waals surface area contributed by atoms with Gasteiger partial charge in [0.05, 0.1) is 5.56 Å². The highest BCUT2D eigenvalue weighted by atomic mass is 16.4. The summed E-state index contributed by atoms with van der Waals surface area (Å²) in [6, 6.07) is 3.71. The van der Waals surface area contributed by atoms with Gasteiger partial charge >= 0.3 is 5.97 Å². The molecule has 3 heterocycles. The number of carbonyl (C=O) groups is 1. The molecule has 0 radical (unpaired) electrons. The molecule has 0 bridgehead atoms. The number of carboxylic acids is 1. The number of nitrogens with zero attached hydrogens (tertiary/aromatic N) is 4. The van der Waals surface area contributed by atoms with Gasteiger partial charge in [-0.1, -0.05) is 0 Å². The first-order valence-electron chi connectivity index (χ1n) is 7.38. The number of piperidine rings is 1. The zero-order chi connectivity index (χ0) is 15.0. The fourth-order valence-corrected chi connectivity index (χ4v) is 3.01. The number of aromatic nitrogens is 3. The number of aromatic carboxylic acids is 1. The standard InChI is InChI=1S/C15H20N4O2/c1-10(2)18-6-3-4-12(9-18)14-17-16-13-8-11(15(20)21)5-7-19(13)14/h5,7-8,10,12H,3-4,6,9H2,1-2H3,(H,20,21). The molecule has 21 heavy (non-hydrogen) atoms. The molecular formula is C15H20N4O2. The quantitative estimate of drug-likeness (QED) is 0.935. The molecule has 1 saturated heterocycles. The number of pyridine rings is 1. The smallest absolute Gasteiger partial charge is 0.335 e. The number of rotatable bonds is 3. The van der Waals surface area contributed by atoms with E-state index >= 15 is 0 Å². The monoisotopic (exact) mass is 288 g/mol. The molecule has 0 saturated carbocycles. The second-order valence-corrected chi connectivity index (χ2v) is 5.93. The predicted molar refractivity (Wildman–Crippen MR) is 78.6 cm³/mol. The van der Waals surface area contributed by atoms with E-state index in [9.17, 15) is 4.79 Å². The summed E-state index contributed by atoms with van der Waals surface area (Å²) in [7, 11) is 0. The Hall–Kier alpha value is -1.95. The molecule has 1 atom stereocenters. The molecule has 1 aliphatic heterocycles. The lowest BCUT2D eigenvalue weighted by molar-refractivity contribution is 0.0697. The Morgan fingerprint density at radius 3 is 2.95 bits per heavy atom. The third-order valence-corrected chi connectivity index (χ3v) is 4.23. The van der Waals surface area contributed by atoms with E-state index in [2.05, 4.69) is 28.9 Å². The summed E-state index contributed by atoms with van der Waals surface area (Å²) < 4.78 is 1.92. The first-order chi connectivity index (χ1) is 10.1. The van der Waals surface area contributed by atoms with Crippen molar-refractivity contribution in [3.63, 3.8) is 0 Å². The van der Waals surface area contributed by atoms with Crippen molar-refractivity contribution in [1.29, 1.82) is 0 Å². The Balaban J connectivity index is 1.92. The van der Waals surface area contributed by atoms with Crippen molar-refractivity contribution in [1.82, 2.24) is 19.5 Å². The maximum atomic E-state index is 11.0. The average molecular weight is 288 g/mol. The summed E-state index contributed by atoms with van der Waals surface area (Å²) in [5.74, 6) is 0.352. The van der Waals surface area contributed by atoms with Crippen LogP contribution in [0.4, 0.5) is 0 Å². The summed E-state index contributed by atoms with van der Waals surface area (Å²) in [5, 5.41) is 17.5. The first kappa shape index (κ1) is 14.0. The van der Waals surface area contributed by atoms with Gasteiger partial charge < -0.3 is 10.0 Å². The molecule has 2 aromatic rings. The molecule has 6 nitrogen and oxygen atoms in total. The van der Waals surface area contributed by atoms with E-state index in [-0.39, 0.29) is 5.56 Å². The molecule has 6 heteroatoms. The second kappa shape index (κ2) is 5.44. The number of hydrogen-bond acceptors (Lipinski definition) is 4. The van der Waals surface area contributed by atoms with E-state index in [1.165, 1.54) is 0 Å². The summed E-state index contributed by atoms with van der Waals surface area (Å²) in [6.07, 6.45) is 4.03. The predicted octanol–water partition coefficient (Wildman–Crippen LogP) is 2.02. The molecule has 1 aliphatic rings. The maximum absolute atomic E-state index is 11.0. The highest BCUT2D eigenvalue weighted by molar-refractivity contribution is 5.88. The Kier molecular flexibility index (Phi) is 3.63. The van der Waals surface area contributed by atoms with Crippen LogP contribution in [0.3, 0.4) is 0 Å². The topological polar surface area (TPSA) is 70.7 Å². The molecule has 0 aliphatic carbocycles. The van der Waals surface area contributed by atoms with Gasteiger partial charge in [0.2, 0.25) is 0 Å². The lowest BCUT2D eigenvalue weighted by Gasteiger charge is -2.34. The number of likely N-dealkylation sites (tertiary alicyclic amines) is 1. The summed E-state index contributed by atoms with van der Waals surface area (Å²) in [4.78, 5) is 13.5. The summed E-state index contributed by atoms with van der Waals surface area (Å²) in [5.41, 5.74) is 0.848. The van der Waals surface area contributed by atoms with Crippen molar-refractivity contribution < 1.29 is 9.90 Å². The van der Waals surface area contributed by atoms with Gasteiger partial charge in [0, 0.05) is 24.7 Å². The second-order valence-electron chi connectivity index (χ2n) is 5.93. The van der Waals surface area contributed by atoms with Crippen LogP contribution in [-0.4, -0.2) is 49.7 Å². The minimum Gasteiger partial charge on any atom is -0.478 e. The summed E-state index contributed by atoms with van der Waals surface area (Å²) in [6.45, 7) is 6.54. The molecule has 0 spiro atoms. The number of fused-ring (bicyclic) bond motifs is 1. The van der Waals surface area contributed by atoms with Crippen LogP contribution in [0.2, 0.25) is 0 Å². The Morgan fingerprint density at radius 1 is 1.43 bits per heavy atom. The van der Waals surface area contributed by atoms with Crippen LogP contribution >= 0.6 is 0 Å². The largest absolute Gasteiger partial charge is 0.478 e. The van der Waals surface area contributed by atoms with Gasteiger partial charge in [-0.15, -0.1) is 10.2 Å². The van der Waals surface area contributed by atoms with Gasteiger partial charge in [0.25, 0.3) is 0 Å². The third-order valence-electron chi connectivity index (χ3n) is 4.23. The van der Waals surface area contributed by atoms with Gasteiger partial charge in [0.1, 0.15) is 5.82 Å². The van der Waals surface area contributed by atoms with E-state index in [4.69, 9.17) is 5.11 Å². The van der Waals surface area contributed by atoms with Crippen molar-refractivity contribution in [2.45, 2.75) is 38.6 Å². The molecular weight excluding hydrogens is 268 g/mol. The van der Waals surface area contributed by atoms with Gasteiger partial charge in [-0.3, -0.25) is 4.40 Å². The molecule has 1 N–H and O–H groups in total. The van der Waals surface area contributed by atoms with Crippen molar-refractivity contribution in [3.8, 4) is 0 Å². The van der Waals surface area contributed by atoms with Crippen LogP contribution in [0.15, 0.2) is 18.3 Å². The van der Waals surface area contributed by atoms with Crippen molar-refractivity contribution >= 4 is 11.6 Å². The fourth-order valence-electron chi connectivity index (χ4n) is 3.01. The highest BCUT2D eigenvalue weighted by Gasteiger charge is 2.26. The van der Waals surface area contributed by atoms with Crippen LogP contribution in [0, 0.1) is 0 Å². The van der Waals surface area contributed by atoms with Crippen LogP contribution < -0.4 is 0 Å². The van der Waals surface area contributed by atoms with Crippen LogP contribution in [0.5, 0.6) is 0 Å². The maximum Gasteiger partial charge on any atom is 0.335 e. The fraction of sp³-hybridized carbons (Fsp3) is 0.533. The zero-order valence-corrected chi connectivity index (χ0v) is 12.4. The molecule has 0 aromatic carbocycles. The third kappa shape index (κ3) is 2.63. The lowest BCUT2D eigenvalue weighted by Crippen LogP contribution is -2.39.